The molecule has 0 aromatic heterocycles. The van der Waals surface area contributed by atoms with E-state index in [1.165, 1.54) is 22.6 Å². The lowest BCUT2D eigenvalue weighted by Crippen LogP contribution is -2.25. The maximum Gasteiger partial charge on any atom is 0.251 e. The first-order valence-electron chi connectivity index (χ1n) is 6.34. The van der Waals surface area contributed by atoms with Crippen molar-refractivity contribution in [2.45, 2.75) is 24.2 Å². The predicted molar refractivity (Wildman–Crippen MR) is 74.3 cm³/mol. The van der Waals surface area contributed by atoms with Crippen molar-refractivity contribution in [1.82, 2.24) is 5.32 Å². The van der Waals surface area contributed by atoms with Crippen molar-refractivity contribution >= 4 is 17.7 Å². The number of thioether (sulfide) groups is 1. The van der Waals surface area contributed by atoms with E-state index in [1.807, 2.05) is 23.9 Å². The highest BCUT2D eigenvalue weighted by Crippen LogP contribution is 2.30. The van der Waals surface area contributed by atoms with Crippen molar-refractivity contribution in [2.75, 3.05) is 26.0 Å². The lowest BCUT2D eigenvalue weighted by molar-refractivity contribution is 0.0948. The van der Waals surface area contributed by atoms with E-state index < -0.39 is 0 Å². The Morgan fingerprint density at radius 3 is 3.22 bits per heavy atom. The van der Waals surface area contributed by atoms with Gasteiger partial charge in [0.25, 0.3) is 5.91 Å². The second-order valence-corrected chi connectivity index (χ2v) is 5.51. The third kappa shape index (κ3) is 3.50. The van der Waals surface area contributed by atoms with Gasteiger partial charge in [-0.05, 0) is 48.8 Å². The van der Waals surface area contributed by atoms with Crippen LogP contribution >= 0.6 is 11.8 Å². The van der Waals surface area contributed by atoms with Crippen LogP contribution in [0.3, 0.4) is 0 Å². The predicted octanol–water partition coefficient (Wildman–Crippen LogP) is 2.49. The number of aryl methyl sites for hydroxylation is 1. The van der Waals surface area contributed by atoms with Gasteiger partial charge in [0.1, 0.15) is 0 Å². The average molecular weight is 265 g/mol. The molecule has 0 aliphatic carbocycles. The zero-order chi connectivity index (χ0) is 12.8. The van der Waals surface area contributed by atoms with E-state index in [2.05, 4.69) is 11.4 Å². The van der Waals surface area contributed by atoms with Crippen LogP contribution < -0.4 is 5.32 Å². The second-order valence-electron chi connectivity index (χ2n) is 4.38. The number of hydrogen-bond donors (Lipinski definition) is 1. The van der Waals surface area contributed by atoms with Crippen LogP contribution in [0.5, 0.6) is 0 Å². The number of benzene rings is 1. The number of carbonyl (C=O) groups excluding carboxylic acids is 1. The van der Waals surface area contributed by atoms with Gasteiger partial charge in [0, 0.05) is 30.7 Å². The summed E-state index contributed by atoms with van der Waals surface area (Å²) in [5.41, 5.74) is 2.09. The molecule has 0 saturated carbocycles. The molecule has 0 fully saturated rings. The molecule has 98 valence electrons. The van der Waals surface area contributed by atoms with Gasteiger partial charge in [0.05, 0.1) is 0 Å². The summed E-state index contributed by atoms with van der Waals surface area (Å²) < 4.78 is 4.95. The van der Waals surface area contributed by atoms with Gasteiger partial charge in [-0.2, -0.15) is 0 Å². The van der Waals surface area contributed by atoms with E-state index in [0.717, 1.165) is 18.4 Å². The molecule has 0 spiro atoms. The van der Waals surface area contributed by atoms with Crippen LogP contribution in [-0.2, 0) is 11.2 Å². The molecule has 4 heteroatoms. The minimum absolute atomic E-state index is 0.0180. The summed E-state index contributed by atoms with van der Waals surface area (Å²) in [4.78, 5) is 13.3. The number of amides is 1. The quantitative estimate of drug-likeness (QED) is 0.831. The number of nitrogens with one attached hydrogen (secondary N) is 1. The van der Waals surface area contributed by atoms with Crippen LogP contribution in [0.1, 0.15) is 28.8 Å². The van der Waals surface area contributed by atoms with E-state index >= 15 is 0 Å². The van der Waals surface area contributed by atoms with Gasteiger partial charge in [0.15, 0.2) is 0 Å². The summed E-state index contributed by atoms with van der Waals surface area (Å²) in [6.07, 6.45) is 3.15. The molecule has 18 heavy (non-hydrogen) atoms. The highest BCUT2D eigenvalue weighted by atomic mass is 32.2. The summed E-state index contributed by atoms with van der Waals surface area (Å²) in [5, 5.41) is 2.91. The molecule has 0 atom stereocenters. The van der Waals surface area contributed by atoms with Crippen molar-refractivity contribution in [2.24, 2.45) is 0 Å². The monoisotopic (exact) mass is 265 g/mol. The Kier molecular flexibility index (Phi) is 5.08. The third-order valence-corrected chi connectivity index (χ3v) is 4.18. The molecule has 1 N–H and O–H groups in total. The van der Waals surface area contributed by atoms with Crippen LogP contribution in [0, 0.1) is 0 Å². The number of methoxy groups -OCH3 is 1. The Morgan fingerprint density at radius 2 is 2.39 bits per heavy atom. The molecular weight excluding hydrogens is 246 g/mol. The second kappa shape index (κ2) is 6.81. The standard InChI is InChI=1S/C14H19NO2S/c1-17-8-3-7-15-14(16)12-5-6-13-11(10-12)4-2-9-18-13/h5-6,10H,2-4,7-9H2,1H3,(H,15,16). The smallest absolute Gasteiger partial charge is 0.251 e. The fourth-order valence-electron chi connectivity index (χ4n) is 2.02. The first-order valence-corrected chi connectivity index (χ1v) is 7.32. The van der Waals surface area contributed by atoms with Crippen LogP contribution in [0.25, 0.3) is 0 Å². The normalized spacial score (nSPS) is 14.1. The number of rotatable bonds is 5. The molecule has 0 saturated heterocycles. The number of carbonyl (C=O) groups is 1. The first kappa shape index (κ1) is 13.4. The zero-order valence-corrected chi connectivity index (χ0v) is 11.5. The highest BCUT2D eigenvalue weighted by Gasteiger charge is 2.12. The van der Waals surface area contributed by atoms with Crippen molar-refractivity contribution in [1.29, 1.82) is 0 Å². The first-order chi connectivity index (χ1) is 8.81. The van der Waals surface area contributed by atoms with Crippen LogP contribution in [0.4, 0.5) is 0 Å². The summed E-state index contributed by atoms with van der Waals surface area (Å²) in [5.74, 6) is 1.21. The Bertz CT molecular complexity index is 420. The summed E-state index contributed by atoms with van der Waals surface area (Å²) in [6.45, 7) is 1.35. The fourth-order valence-corrected chi connectivity index (χ4v) is 3.04. The van der Waals surface area contributed by atoms with E-state index in [1.54, 1.807) is 7.11 Å². The molecule has 1 aliphatic rings. The summed E-state index contributed by atoms with van der Waals surface area (Å²) in [6, 6.07) is 6.03. The summed E-state index contributed by atoms with van der Waals surface area (Å²) >= 11 is 1.89. The Hall–Kier alpha value is -1.00. The molecule has 1 aliphatic heterocycles. The molecule has 0 bridgehead atoms. The van der Waals surface area contributed by atoms with Crippen molar-refractivity contribution < 1.29 is 9.53 Å². The number of hydrogen-bond acceptors (Lipinski definition) is 3. The van der Waals surface area contributed by atoms with Gasteiger partial charge in [-0.1, -0.05) is 0 Å². The van der Waals surface area contributed by atoms with Gasteiger partial charge in [-0.15, -0.1) is 11.8 Å². The van der Waals surface area contributed by atoms with Crippen LogP contribution in [-0.4, -0.2) is 31.9 Å². The SMILES string of the molecule is COCCCNC(=O)c1ccc2c(c1)CCCS2. The Labute approximate surface area is 112 Å². The summed E-state index contributed by atoms with van der Waals surface area (Å²) in [7, 11) is 1.67. The molecule has 0 radical (unpaired) electrons. The molecule has 0 unspecified atom stereocenters. The van der Waals surface area contributed by atoms with Gasteiger partial charge >= 0.3 is 0 Å². The fraction of sp³-hybridized carbons (Fsp3) is 0.500. The van der Waals surface area contributed by atoms with Crippen molar-refractivity contribution in [3.63, 3.8) is 0 Å². The van der Waals surface area contributed by atoms with E-state index in [0.29, 0.717) is 13.2 Å². The lowest BCUT2D eigenvalue weighted by Gasteiger charge is -2.15. The average Bonchev–Trinajstić information content (AvgIpc) is 2.43. The maximum absolute atomic E-state index is 11.9. The van der Waals surface area contributed by atoms with Crippen molar-refractivity contribution in [3.05, 3.63) is 29.3 Å². The Morgan fingerprint density at radius 1 is 1.50 bits per heavy atom. The van der Waals surface area contributed by atoms with Crippen LogP contribution in [0.2, 0.25) is 0 Å². The van der Waals surface area contributed by atoms with Crippen LogP contribution in [0.15, 0.2) is 23.1 Å². The molecule has 3 nitrogen and oxygen atoms in total. The third-order valence-electron chi connectivity index (χ3n) is 2.98. The minimum atomic E-state index is 0.0180. The molecular formula is C14H19NO2S. The highest BCUT2D eigenvalue weighted by molar-refractivity contribution is 7.99. The van der Waals surface area contributed by atoms with Gasteiger partial charge in [-0.3, -0.25) is 4.79 Å². The molecule has 1 aromatic carbocycles. The topological polar surface area (TPSA) is 38.3 Å². The van der Waals surface area contributed by atoms with Gasteiger partial charge in [-0.25, -0.2) is 0 Å². The molecule has 1 amide bonds. The molecule has 1 heterocycles. The van der Waals surface area contributed by atoms with Crippen molar-refractivity contribution in [3.8, 4) is 0 Å². The largest absolute Gasteiger partial charge is 0.385 e. The van der Waals surface area contributed by atoms with Gasteiger partial charge < -0.3 is 10.1 Å². The van der Waals surface area contributed by atoms with Gasteiger partial charge in [0.2, 0.25) is 0 Å². The van der Waals surface area contributed by atoms with E-state index in [9.17, 15) is 4.79 Å². The zero-order valence-electron chi connectivity index (χ0n) is 10.7. The number of fused-ring (bicyclic) bond motifs is 1. The lowest BCUT2D eigenvalue weighted by atomic mass is 10.1. The van der Waals surface area contributed by atoms with E-state index in [-0.39, 0.29) is 5.91 Å². The molecule has 2 rings (SSSR count). The Balaban J connectivity index is 1.94. The molecule has 1 aromatic rings. The van der Waals surface area contributed by atoms with E-state index in [4.69, 9.17) is 4.74 Å². The minimum Gasteiger partial charge on any atom is -0.385 e. The number of ether oxygens (including phenoxy) is 1. The maximum atomic E-state index is 11.9.